The number of carboxylic acids is 4. The second kappa shape index (κ2) is 15.1. The molecule has 0 aromatic rings. The van der Waals surface area contributed by atoms with Crippen molar-refractivity contribution >= 4 is 23.9 Å². The molecular weight excluding hydrogens is 362 g/mol. The molecule has 0 heterocycles. The number of aliphatic carboxylic acids is 4. The van der Waals surface area contributed by atoms with Gasteiger partial charge in [0.1, 0.15) is 0 Å². The van der Waals surface area contributed by atoms with Crippen LogP contribution in [0.4, 0.5) is 0 Å². The number of rotatable bonds is 11. The molecule has 13 heteroatoms. The zero-order valence-corrected chi connectivity index (χ0v) is 13.4. The van der Waals surface area contributed by atoms with E-state index in [0.717, 1.165) is 9.80 Å². The number of hydrogen-bond donors (Lipinski definition) is 1. The molecule has 0 bridgehead atoms. The van der Waals surface area contributed by atoms with Crippen LogP contribution in [0.2, 0.25) is 0 Å². The summed E-state index contributed by atoms with van der Waals surface area (Å²) in [7, 11) is 0. The molecule has 0 rings (SSSR count). The average Bonchev–Trinajstić information content (AvgIpc) is 2.22. The Hall–Kier alpha value is -1.76. The van der Waals surface area contributed by atoms with Crippen molar-refractivity contribution in [3.05, 3.63) is 0 Å². The topological polar surface area (TPSA) is 235 Å². The zero-order valence-electron chi connectivity index (χ0n) is 12.3. The third-order valence-corrected chi connectivity index (χ3v) is 2.14. The molecule has 0 aliphatic carbocycles. The van der Waals surface area contributed by atoms with E-state index < -0.39 is 50.1 Å². The number of carboxylic acid groups (broad SMARTS) is 4. The molecule has 0 fully saturated rings. The molecule has 135 valence electrons. The van der Waals surface area contributed by atoms with Gasteiger partial charge in [-0.1, -0.05) is 0 Å². The van der Waals surface area contributed by atoms with Gasteiger partial charge in [-0.05, 0) is 0 Å². The number of carbonyl (C=O) groups is 4. The average molecular weight is 380 g/mol. The van der Waals surface area contributed by atoms with E-state index in [2.05, 4.69) is 0 Å². The Labute approximate surface area is 142 Å². The fourth-order valence-electron chi connectivity index (χ4n) is 1.44. The van der Waals surface area contributed by atoms with Gasteiger partial charge in [-0.2, -0.15) is 0 Å². The molecule has 23 heavy (non-hydrogen) atoms. The maximum absolute atomic E-state index is 10.4. The first kappa shape index (κ1) is 29.3. The Kier molecular flexibility index (Phi) is 19.3. The monoisotopic (exact) mass is 380 g/mol. The van der Waals surface area contributed by atoms with Crippen LogP contribution < -0.4 is 26.6 Å². The summed E-state index contributed by atoms with van der Waals surface area (Å²) in [5.74, 6) is -6.12. The van der Waals surface area contributed by atoms with Crippen LogP contribution in [0, 0.1) is 0 Å². The molecule has 0 unspecified atom stereocenters. The molecule has 0 aromatic carbocycles. The number of hydrogen-bond acceptors (Lipinski definition) is 10. The van der Waals surface area contributed by atoms with Gasteiger partial charge in [0.05, 0.1) is 23.9 Å². The normalized spacial score (nSPS) is 9.30. The van der Waals surface area contributed by atoms with E-state index in [1.54, 1.807) is 0 Å². The third kappa shape index (κ3) is 18.2. The maximum Gasteiger partial charge on any atom is 3.00 e. The van der Waals surface area contributed by atoms with E-state index >= 15 is 0 Å². The van der Waals surface area contributed by atoms with Gasteiger partial charge in [-0.3, -0.25) is 9.80 Å². The van der Waals surface area contributed by atoms with Crippen molar-refractivity contribution in [3.8, 4) is 0 Å². The molecule has 0 spiro atoms. The smallest absolute Gasteiger partial charge is 0.549 e. The quantitative estimate of drug-likeness (QED) is 0.332. The summed E-state index contributed by atoms with van der Waals surface area (Å²) in [6.07, 6.45) is 0. The van der Waals surface area contributed by atoms with Crippen LogP contribution in [0.5, 0.6) is 0 Å². The van der Waals surface area contributed by atoms with Crippen LogP contribution in [-0.2, 0) is 36.2 Å². The first-order valence-electron chi connectivity index (χ1n) is 5.44. The molecule has 0 aromatic heterocycles. The molecule has 6 N–H and O–H groups in total. The maximum atomic E-state index is 10.4. The van der Waals surface area contributed by atoms with Gasteiger partial charge in [0.25, 0.3) is 0 Å². The van der Waals surface area contributed by atoms with Gasteiger partial charge in [0.2, 0.25) is 0 Å². The Morgan fingerprint density at radius 3 is 0.913 bits per heavy atom. The van der Waals surface area contributed by atoms with Gasteiger partial charge in [0, 0.05) is 39.3 Å². The molecule has 0 aliphatic rings. The predicted octanol–water partition coefficient (Wildman–Crippen LogP) is -7.86. The zero-order chi connectivity index (χ0) is 15.7. The van der Waals surface area contributed by atoms with Crippen molar-refractivity contribution in [2.24, 2.45) is 0 Å². The Morgan fingerprint density at radius 1 is 0.609 bits per heavy atom. The fraction of sp³-hybridized carbons (Fsp3) is 0.600. The second-order valence-corrected chi connectivity index (χ2v) is 3.91. The standard InChI is InChI=1S/C10H16N2O8.Fe.H3N.H2O/c13-7(14)3-11(4-8(15)16)1-2-12(5-9(17)18)6-10(19)20;;;/h1-6H2,(H,13,14)(H,15,16)(H,17,18)(H,19,20);;1H3;1H2/q;+3;;/p-3. The molecule has 0 saturated carbocycles. The minimum absolute atomic E-state index is 0. The summed E-state index contributed by atoms with van der Waals surface area (Å²) in [6.45, 7) is -3.25. The fourth-order valence-corrected chi connectivity index (χ4v) is 1.44. The largest absolute Gasteiger partial charge is 3.00 e. The number of quaternary nitrogens is 1. The SMILES string of the molecule is O.O=C([O-])CN(CCN(CC(=O)[O-])CC(=O)[O-])CC(=O)[O-].[Fe+3].[NH4+]. The molecule has 12 nitrogen and oxygen atoms in total. The van der Waals surface area contributed by atoms with Crippen LogP contribution in [0.25, 0.3) is 0 Å². The molecular formula is C10H18FeN3O9. The summed E-state index contributed by atoms with van der Waals surface area (Å²) >= 11 is 0. The molecule has 0 aliphatic heterocycles. The van der Waals surface area contributed by atoms with E-state index in [0.29, 0.717) is 0 Å². The van der Waals surface area contributed by atoms with Crippen LogP contribution in [-0.4, -0.2) is 78.4 Å². The van der Waals surface area contributed by atoms with Crippen molar-refractivity contribution < 1.29 is 62.1 Å². The van der Waals surface area contributed by atoms with Gasteiger partial charge in [0.15, 0.2) is 0 Å². The van der Waals surface area contributed by atoms with Crippen LogP contribution in [0.1, 0.15) is 0 Å². The van der Waals surface area contributed by atoms with Gasteiger partial charge < -0.3 is 51.2 Å². The summed E-state index contributed by atoms with van der Waals surface area (Å²) in [6, 6.07) is 0. The first-order valence-corrected chi connectivity index (χ1v) is 5.44. The molecule has 0 atom stereocenters. The summed E-state index contributed by atoms with van der Waals surface area (Å²) in [5.41, 5.74) is 0. The summed E-state index contributed by atoms with van der Waals surface area (Å²) in [4.78, 5) is 43.4. The Balaban J connectivity index is -0.000000602. The van der Waals surface area contributed by atoms with Crippen molar-refractivity contribution in [2.75, 3.05) is 39.3 Å². The second-order valence-electron chi connectivity index (χ2n) is 3.91. The van der Waals surface area contributed by atoms with Crippen molar-refractivity contribution in [3.63, 3.8) is 0 Å². The van der Waals surface area contributed by atoms with Crippen LogP contribution >= 0.6 is 0 Å². The molecule has 0 amide bonds. The van der Waals surface area contributed by atoms with Gasteiger partial charge >= 0.3 is 17.1 Å². The van der Waals surface area contributed by atoms with Crippen molar-refractivity contribution in [1.82, 2.24) is 16.0 Å². The van der Waals surface area contributed by atoms with Crippen LogP contribution in [0.3, 0.4) is 0 Å². The first-order chi connectivity index (χ1) is 9.20. The van der Waals surface area contributed by atoms with E-state index in [1.165, 1.54) is 0 Å². The predicted molar refractivity (Wildman–Crippen MR) is 62.5 cm³/mol. The Morgan fingerprint density at radius 2 is 0.783 bits per heavy atom. The summed E-state index contributed by atoms with van der Waals surface area (Å²) < 4.78 is 0. The molecule has 0 saturated heterocycles. The van der Waals surface area contributed by atoms with Crippen molar-refractivity contribution in [1.29, 1.82) is 0 Å². The van der Waals surface area contributed by atoms with Crippen LogP contribution in [0.15, 0.2) is 0 Å². The number of carbonyl (C=O) groups excluding carboxylic acids is 4. The minimum atomic E-state index is -1.53. The third-order valence-electron chi connectivity index (χ3n) is 2.14. The number of nitrogens with zero attached hydrogens (tertiary/aromatic N) is 2. The van der Waals surface area contributed by atoms with E-state index in [4.69, 9.17) is 0 Å². The minimum Gasteiger partial charge on any atom is -0.549 e. The van der Waals surface area contributed by atoms with E-state index in [9.17, 15) is 39.6 Å². The van der Waals surface area contributed by atoms with Crippen molar-refractivity contribution in [2.45, 2.75) is 0 Å². The van der Waals surface area contributed by atoms with E-state index in [1.807, 2.05) is 0 Å². The Bertz CT molecular complexity index is 326. The molecule has 1 radical (unpaired) electrons. The van der Waals surface area contributed by atoms with Gasteiger partial charge in [-0.15, -0.1) is 0 Å². The summed E-state index contributed by atoms with van der Waals surface area (Å²) in [5, 5.41) is 41.6. The van der Waals surface area contributed by atoms with E-state index in [-0.39, 0.29) is 41.8 Å². The van der Waals surface area contributed by atoms with Gasteiger partial charge in [-0.25, -0.2) is 0 Å².